The van der Waals surface area contributed by atoms with Crippen molar-refractivity contribution in [3.63, 3.8) is 0 Å². The van der Waals surface area contributed by atoms with Crippen LogP contribution in [0, 0.1) is 12.7 Å². The van der Waals surface area contributed by atoms with Crippen molar-refractivity contribution in [2.45, 2.75) is 32.7 Å². The highest BCUT2D eigenvalue weighted by Gasteiger charge is 2.32. The minimum absolute atomic E-state index is 0.0810. The van der Waals surface area contributed by atoms with Crippen molar-refractivity contribution in [1.82, 2.24) is 9.55 Å². The van der Waals surface area contributed by atoms with Gasteiger partial charge < -0.3 is 14.2 Å². The van der Waals surface area contributed by atoms with Crippen LogP contribution in [0.4, 0.5) is 4.39 Å². The van der Waals surface area contributed by atoms with Crippen LogP contribution in [0.1, 0.15) is 36.2 Å². The summed E-state index contributed by atoms with van der Waals surface area (Å²) in [6, 6.07) is 12.7. The van der Waals surface area contributed by atoms with Crippen LogP contribution in [-0.4, -0.2) is 40.8 Å². The summed E-state index contributed by atoms with van der Waals surface area (Å²) in [4.78, 5) is 9.08. The number of benzene rings is 2. The lowest BCUT2D eigenvalue weighted by Crippen LogP contribution is -2.26. The molecule has 0 saturated carbocycles. The first-order valence-electron chi connectivity index (χ1n) is 11.6. The Labute approximate surface area is 204 Å². The maximum absolute atomic E-state index is 13.8. The lowest BCUT2D eigenvalue weighted by molar-refractivity contribution is 0.214. The van der Waals surface area contributed by atoms with Gasteiger partial charge in [0.15, 0.2) is 0 Å². The smallest absolute Gasteiger partial charge is 0.127 e. The van der Waals surface area contributed by atoms with Crippen LogP contribution in [0.25, 0.3) is 27.7 Å². The fraction of sp³-hybridized carbons (Fsp3) is 0.286. The highest BCUT2D eigenvalue weighted by atomic mass is 31.2. The van der Waals surface area contributed by atoms with Crippen molar-refractivity contribution in [1.29, 1.82) is 0 Å². The molecule has 35 heavy (non-hydrogen) atoms. The van der Waals surface area contributed by atoms with Crippen LogP contribution in [0.2, 0.25) is 0 Å². The Hall–Kier alpha value is -3.08. The number of aliphatic hydroxyl groups is 1. The van der Waals surface area contributed by atoms with Crippen molar-refractivity contribution < 1.29 is 14.1 Å². The summed E-state index contributed by atoms with van der Waals surface area (Å²) in [6.07, 6.45) is 3.67. The number of aryl methyl sites for hydroxylation is 1. The van der Waals surface area contributed by atoms with E-state index in [2.05, 4.69) is 26.7 Å². The average Bonchev–Trinajstić information content (AvgIpc) is 3.39. The van der Waals surface area contributed by atoms with E-state index in [9.17, 15) is 14.1 Å². The molecule has 7 heteroatoms. The Morgan fingerprint density at radius 2 is 1.86 bits per heavy atom. The number of aliphatic imine (C=N–C) groups is 1. The molecule has 0 unspecified atom stereocenters. The molecule has 0 saturated heterocycles. The fourth-order valence-electron chi connectivity index (χ4n) is 5.03. The minimum Gasteiger partial charge on any atom is -0.395 e. The number of pyridine rings is 1. The van der Waals surface area contributed by atoms with E-state index in [1.165, 1.54) is 12.1 Å². The van der Waals surface area contributed by atoms with E-state index in [-0.39, 0.29) is 12.4 Å². The Kier molecular flexibility index (Phi) is 5.58. The van der Waals surface area contributed by atoms with Crippen molar-refractivity contribution >= 4 is 29.7 Å². The number of halogens is 1. The van der Waals surface area contributed by atoms with Gasteiger partial charge in [-0.05, 0) is 79.4 Å². The molecule has 2 aromatic heterocycles. The van der Waals surface area contributed by atoms with Crippen molar-refractivity contribution in [2.75, 3.05) is 19.9 Å². The maximum atomic E-state index is 13.8. The van der Waals surface area contributed by atoms with Gasteiger partial charge in [0.1, 0.15) is 18.4 Å². The molecule has 180 valence electrons. The molecule has 5 nitrogen and oxygen atoms in total. The van der Waals surface area contributed by atoms with Gasteiger partial charge in [0.2, 0.25) is 0 Å². The zero-order valence-corrected chi connectivity index (χ0v) is 21.5. The van der Waals surface area contributed by atoms with E-state index in [0.29, 0.717) is 12.0 Å². The van der Waals surface area contributed by atoms with Crippen LogP contribution in [0.5, 0.6) is 0 Å². The van der Waals surface area contributed by atoms with Crippen LogP contribution < -0.4 is 5.44 Å². The predicted molar refractivity (Wildman–Crippen MR) is 142 cm³/mol. The van der Waals surface area contributed by atoms with E-state index in [1.807, 2.05) is 33.1 Å². The third-order valence-corrected chi connectivity index (χ3v) is 8.18. The first-order chi connectivity index (χ1) is 16.5. The number of aromatic nitrogens is 2. The predicted octanol–water partition coefficient (Wildman–Crippen LogP) is 5.59. The van der Waals surface area contributed by atoms with Crippen LogP contribution >= 0.6 is 7.14 Å². The summed E-state index contributed by atoms with van der Waals surface area (Å²) < 4.78 is 28.7. The molecular weight excluding hydrogens is 460 g/mol. The zero-order valence-electron chi connectivity index (χ0n) is 20.6. The Balaban J connectivity index is 1.92. The van der Waals surface area contributed by atoms with Gasteiger partial charge in [-0.15, -0.1) is 0 Å². The third-order valence-electron chi connectivity index (χ3n) is 6.69. The van der Waals surface area contributed by atoms with Gasteiger partial charge in [-0.1, -0.05) is 13.8 Å². The molecule has 5 rings (SSSR count). The molecule has 0 amide bonds. The highest BCUT2D eigenvalue weighted by Crippen LogP contribution is 2.44. The Morgan fingerprint density at radius 1 is 1.14 bits per heavy atom. The lowest BCUT2D eigenvalue weighted by Gasteiger charge is -2.27. The third kappa shape index (κ3) is 3.95. The molecule has 0 spiro atoms. The Morgan fingerprint density at radius 3 is 2.49 bits per heavy atom. The van der Waals surface area contributed by atoms with Gasteiger partial charge in [0, 0.05) is 45.7 Å². The first-order valence-corrected chi connectivity index (χ1v) is 14.2. The molecule has 0 radical (unpaired) electrons. The summed E-state index contributed by atoms with van der Waals surface area (Å²) in [6.45, 7) is 9.94. The van der Waals surface area contributed by atoms with Gasteiger partial charge in [-0.25, -0.2) is 4.39 Å². The second kappa shape index (κ2) is 8.25. The standard InChI is InChI=1S/C28H29FN3O2P/c1-17-10-20(15-31-27(17)35(4,5)34)25-23-11-18-13-30-14-19(18)12-24(23)32(26(25)28(2,3)16-33)22-8-6-21(29)7-9-22/h6-12,14-15,33H,13,16H2,1-5H3. The molecule has 1 N–H and O–H groups in total. The molecule has 0 fully saturated rings. The molecule has 1 aliphatic heterocycles. The SMILES string of the molecule is Cc1cc(-c2c(C(C)(C)CO)n(-c3ccc(F)cc3)c3cc4c(cc23)CN=C4)cnc1P(C)(C)=O. The summed E-state index contributed by atoms with van der Waals surface area (Å²) in [7, 11) is -2.53. The highest BCUT2D eigenvalue weighted by molar-refractivity contribution is 7.70. The number of hydrogen-bond acceptors (Lipinski definition) is 4. The first kappa shape index (κ1) is 23.7. The summed E-state index contributed by atoms with van der Waals surface area (Å²) in [5.41, 5.74) is 7.58. The van der Waals surface area contributed by atoms with Gasteiger partial charge in [0.25, 0.3) is 0 Å². The van der Waals surface area contributed by atoms with Crippen molar-refractivity contribution in [3.8, 4) is 16.8 Å². The number of fused-ring (bicyclic) bond motifs is 2. The topological polar surface area (TPSA) is 67.5 Å². The largest absolute Gasteiger partial charge is 0.395 e. The van der Waals surface area contributed by atoms with E-state index in [4.69, 9.17) is 0 Å². The summed E-state index contributed by atoms with van der Waals surface area (Å²) in [5, 5.41) is 11.5. The molecule has 1 aliphatic rings. The summed E-state index contributed by atoms with van der Waals surface area (Å²) in [5.74, 6) is -0.305. The van der Waals surface area contributed by atoms with Gasteiger partial charge >= 0.3 is 0 Å². The molecule has 4 aromatic rings. The quantitative estimate of drug-likeness (QED) is 0.372. The molecule has 0 atom stereocenters. The second-order valence-electron chi connectivity index (χ2n) is 10.3. The number of hydrogen-bond donors (Lipinski definition) is 1. The second-order valence-corrected chi connectivity index (χ2v) is 13.5. The van der Waals surface area contributed by atoms with Gasteiger partial charge in [0.05, 0.1) is 18.7 Å². The van der Waals surface area contributed by atoms with Crippen LogP contribution in [0.15, 0.2) is 53.7 Å². The van der Waals surface area contributed by atoms with E-state index < -0.39 is 12.6 Å². The number of aliphatic hydroxyl groups excluding tert-OH is 1. The Bertz CT molecular complexity index is 1550. The molecular formula is C28H29FN3O2P. The van der Waals surface area contributed by atoms with Crippen LogP contribution in [0.3, 0.4) is 0 Å². The molecule has 3 heterocycles. The normalized spacial score (nSPS) is 13.6. The summed E-state index contributed by atoms with van der Waals surface area (Å²) >= 11 is 0. The van der Waals surface area contributed by atoms with E-state index in [0.717, 1.165) is 50.1 Å². The zero-order chi connectivity index (χ0) is 25.1. The lowest BCUT2D eigenvalue weighted by atomic mass is 9.85. The van der Waals surface area contributed by atoms with Gasteiger partial charge in [-0.3, -0.25) is 9.98 Å². The average molecular weight is 490 g/mol. The number of rotatable bonds is 5. The number of nitrogens with zero attached hydrogens (tertiary/aromatic N) is 3. The van der Waals surface area contributed by atoms with E-state index in [1.54, 1.807) is 31.7 Å². The molecule has 0 aliphatic carbocycles. The molecule has 0 bridgehead atoms. The van der Waals surface area contributed by atoms with E-state index >= 15 is 0 Å². The van der Waals surface area contributed by atoms with Crippen LogP contribution in [-0.2, 0) is 16.5 Å². The van der Waals surface area contributed by atoms with Gasteiger partial charge in [-0.2, -0.15) is 0 Å². The maximum Gasteiger partial charge on any atom is 0.127 e. The van der Waals surface area contributed by atoms with Crippen molar-refractivity contribution in [2.24, 2.45) is 4.99 Å². The molecule has 2 aromatic carbocycles. The monoisotopic (exact) mass is 489 g/mol. The fourth-order valence-corrected chi connectivity index (χ4v) is 6.28. The van der Waals surface area contributed by atoms with Crippen molar-refractivity contribution in [3.05, 3.63) is 76.9 Å². The minimum atomic E-state index is -2.53.